The van der Waals surface area contributed by atoms with E-state index in [0.717, 1.165) is 16.5 Å². The average molecular weight is 240 g/mol. The van der Waals surface area contributed by atoms with E-state index < -0.39 is 0 Å². The second kappa shape index (κ2) is 4.10. The van der Waals surface area contributed by atoms with Gasteiger partial charge in [-0.3, -0.25) is 0 Å². The zero-order chi connectivity index (χ0) is 12.5. The minimum atomic E-state index is 0.509. The van der Waals surface area contributed by atoms with Gasteiger partial charge in [0.05, 0.1) is 18.0 Å². The number of methoxy groups -OCH3 is 1. The van der Waals surface area contributed by atoms with E-state index in [0.29, 0.717) is 11.8 Å². The van der Waals surface area contributed by atoms with Crippen molar-refractivity contribution >= 4 is 10.9 Å². The van der Waals surface area contributed by atoms with Crippen LogP contribution in [0.5, 0.6) is 5.88 Å². The summed E-state index contributed by atoms with van der Waals surface area (Å²) in [4.78, 5) is 8.86. The molecule has 0 N–H and O–H groups in total. The van der Waals surface area contributed by atoms with E-state index in [9.17, 15) is 0 Å². The van der Waals surface area contributed by atoms with Crippen molar-refractivity contribution in [1.82, 2.24) is 19.7 Å². The number of hydrogen-bond donors (Lipinski definition) is 0. The third kappa shape index (κ3) is 1.69. The first-order valence-electron chi connectivity index (χ1n) is 5.60. The first-order chi connectivity index (χ1) is 8.78. The molecule has 1 aromatic carbocycles. The Balaban J connectivity index is 2.29. The van der Waals surface area contributed by atoms with E-state index in [-0.39, 0.29) is 0 Å². The molecular weight excluding hydrogens is 228 g/mol. The SMILES string of the molecule is COc1nc(-n2cccn2)nc2cc(C)ccc12. The van der Waals surface area contributed by atoms with Crippen molar-refractivity contribution in [3.05, 3.63) is 42.2 Å². The fraction of sp³-hybridized carbons (Fsp3) is 0.154. The van der Waals surface area contributed by atoms with E-state index >= 15 is 0 Å². The van der Waals surface area contributed by atoms with Crippen LogP contribution in [0.1, 0.15) is 5.56 Å². The van der Waals surface area contributed by atoms with Gasteiger partial charge in [-0.05, 0) is 30.7 Å². The summed E-state index contributed by atoms with van der Waals surface area (Å²) in [7, 11) is 1.61. The Morgan fingerprint density at radius 1 is 1.22 bits per heavy atom. The van der Waals surface area contributed by atoms with Gasteiger partial charge in [0.25, 0.3) is 5.95 Å². The number of aromatic nitrogens is 4. The number of benzene rings is 1. The smallest absolute Gasteiger partial charge is 0.254 e. The molecule has 5 heteroatoms. The highest BCUT2D eigenvalue weighted by Crippen LogP contribution is 2.23. The quantitative estimate of drug-likeness (QED) is 0.688. The number of nitrogens with zero attached hydrogens (tertiary/aromatic N) is 4. The van der Waals surface area contributed by atoms with Crippen LogP contribution in [0.2, 0.25) is 0 Å². The first kappa shape index (κ1) is 10.7. The molecule has 0 aliphatic heterocycles. The number of ether oxygens (including phenoxy) is 1. The highest BCUT2D eigenvalue weighted by atomic mass is 16.5. The van der Waals surface area contributed by atoms with Crippen LogP contribution in [-0.2, 0) is 0 Å². The molecule has 0 aliphatic carbocycles. The number of rotatable bonds is 2. The number of aryl methyl sites for hydroxylation is 1. The van der Waals surface area contributed by atoms with Gasteiger partial charge in [-0.1, -0.05) is 6.07 Å². The minimum Gasteiger partial charge on any atom is -0.480 e. The van der Waals surface area contributed by atoms with Crippen molar-refractivity contribution in [3.63, 3.8) is 0 Å². The summed E-state index contributed by atoms with van der Waals surface area (Å²) in [5.41, 5.74) is 2.00. The van der Waals surface area contributed by atoms with Crippen LogP contribution >= 0.6 is 0 Å². The monoisotopic (exact) mass is 240 g/mol. The third-order valence-corrected chi connectivity index (χ3v) is 2.71. The van der Waals surface area contributed by atoms with Crippen molar-refractivity contribution in [1.29, 1.82) is 0 Å². The molecule has 0 unspecified atom stereocenters. The van der Waals surface area contributed by atoms with Gasteiger partial charge in [0.15, 0.2) is 0 Å². The van der Waals surface area contributed by atoms with Gasteiger partial charge >= 0.3 is 0 Å². The Labute approximate surface area is 104 Å². The molecule has 0 saturated carbocycles. The minimum absolute atomic E-state index is 0.509. The van der Waals surface area contributed by atoms with E-state index in [4.69, 9.17) is 4.74 Å². The van der Waals surface area contributed by atoms with E-state index in [1.54, 1.807) is 24.2 Å². The molecule has 0 bridgehead atoms. The maximum Gasteiger partial charge on any atom is 0.254 e. The first-order valence-corrected chi connectivity index (χ1v) is 5.60. The van der Waals surface area contributed by atoms with Crippen molar-refractivity contribution in [2.45, 2.75) is 6.92 Å². The van der Waals surface area contributed by atoms with E-state index in [1.807, 2.05) is 31.2 Å². The lowest BCUT2D eigenvalue weighted by atomic mass is 10.2. The largest absolute Gasteiger partial charge is 0.480 e. The lowest BCUT2D eigenvalue weighted by Crippen LogP contribution is -2.03. The van der Waals surface area contributed by atoms with Gasteiger partial charge < -0.3 is 4.74 Å². The van der Waals surface area contributed by atoms with Gasteiger partial charge in [-0.25, -0.2) is 9.67 Å². The fourth-order valence-corrected chi connectivity index (χ4v) is 1.84. The van der Waals surface area contributed by atoms with Crippen LogP contribution in [0.3, 0.4) is 0 Å². The van der Waals surface area contributed by atoms with Gasteiger partial charge in [-0.2, -0.15) is 10.1 Å². The normalized spacial score (nSPS) is 10.8. The van der Waals surface area contributed by atoms with Crippen LogP contribution in [0.15, 0.2) is 36.7 Å². The Kier molecular flexibility index (Phi) is 2.44. The van der Waals surface area contributed by atoms with Gasteiger partial charge in [-0.15, -0.1) is 0 Å². The summed E-state index contributed by atoms with van der Waals surface area (Å²) in [5, 5.41) is 5.03. The standard InChI is InChI=1S/C13H12N4O/c1-9-4-5-10-11(8-9)15-13(16-12(10)18-2)17-7-3-6-14-17/h3-8H,1-2H3. The van der Waals surface area contributed by atoms with E-state index in [1.165, 1.54) is 0 Å². The molecule has 2 heterocycles. The predicted molar refractivity (Wildman–Crippen MR) is 67.9 cm³/mol. The molecule has 3 aromatic rings. The fourth-order valence-electron chi connectivity index (χ4n) is 1.84. The zero-order valence-corrected chi connectivity index (χ0v) is 10.2. The Morgan fingerprint density at radius 3 is 2.83 bits per heavy atom. The predicted octanol–water partition coefficient (Wildman–Crippen LogP) is 2.13. The number of hydrogen-bond acceptors (Lipinski definition) is 4. The third-order valence-electron chi connectivity index (χ3n) is 2.71. The van der Waals surface area contributed by atoms with Gasteiger partial charge in [0.1, 0.15) is 0 Å². The van der Waals surface area contributed by atoms with Gasteiger partial charge in [0.2, 0.25) is 5.88 Å². The van der Waals surface area contributed by atoms with Crippen LogP contribution in [0.4, 0.5) is 0 Å². The summed E-state index contributed by atoms with van der Waals surface area (Å²) in [6.45, 7) is 2.03. The van der Waals surface area contributed by atoms with Crippen LogP contribution in [0.25, 0.3) is 16.9 Å². The molecule has 0 fully saturated rings. The Hall–Kier alpha value is -2.43. The summed E-state index contributed by atoms with van der Waals surface area (Å²) in [6, 6.07) is 7.82. The molecular formula is C13H12N4O. The molecule has 90 valence electrons. The zero-order valence-electron chi connectivity index (χ0n) is 10.2. The molecule has 5 nitrogen and oxygen atoms in total. The van der Waals surface area contributed by atoms with Crippen molar-refractivity contribution in [2.24, 2.45) is 0 Å². The average Bonchev–Trinajstić information content (AvgIpc) is 2.90. The summed E-state index contributed by atoms with van der Waals surface area (Å²) in [6.07, 6.45) is 3.49. The molecule has 0 radical (unpaired) electrons. The van der Waals surface area contributed by atoms with Crippen molar-refractivity contribution < 1.29 is 4.74 Å². The molecule has 0 spiro atoms. The Bertz CT molecular complexity index is 692. The number of fused-ring (bicyclic) bond motifs is 1. The van der Waals surface area contributed by atoms with Crippen LogP contribution in [-0.4, -0.2) is 26.9 Å². The van der Waals surface area contributed by atoms with Crippen LogP contribution in [0, 0.1) is 6.92 Å². The second-order valence-corrected chi connectivity index (χ2v) is 4.00. The van der Waals surface area contributed by atoms with Gasteiger partial charge in [0, 0.05) is 12.4 Å². The van der Waals surface area contributed by atoms with Crippen molar-refractivity contribution in [3.8, 4) is 11.8 Å². The summed E-state index contributed by atoms with van der Waals surface area (Å²) >= 11 is 0. The Morgan fingerprint density at radius 2 is 2.11 bits per heavy atom. The molecule has 18 heavy (non-hydrogen) atoms. The maximum absolute atomic E-state index is 5.31. The molecule has 3 rings (SSSR count). The lowest BCUT2D eigenvalue weighted by molar-refractivity contribution is 0.401. The summed E-state index contributed by atoms with van der Waals surface area (Å²) in [5.74, 6) is 1.07. The van der Waals surface area contributed by atoms with E-state index in [2.05, 4.69) is 15.1 Å². The highest BCUT2D eigenvalue weighted by Gasteiger charge is 2.09. The van der Waals surface area contributed by atoms with Crippen LogP contribution < -0.4 is 4.74 Å². The molecule has 0 atom stereocenters. The molecule has 0 amide bonds. The lowest BCUT2D eigenvalue weighted by Gasteiger charge is -2.07. The summed E-state index contributed by atoms with van der Waals surface area (Å²) < 4.78 is 6.93. The molecule has 0 aliphatic rings. The topological polar surface area (TPSA) is 52.8 Å². The second-order valence-electron chi connectivity index (χ2n) is 4.00. The molecule has 0 saturated heterocycles. The highest BCUT2D eigenvalue weighted by molar-refractivity contribution is 5.84. The molecule has 2 aromatic heterocycles. The van der Waals surface area contributed by atoms with Crippen molar-refractivity contribution in [2.75, 3.05) is 7.11 Å². The maximum atomic E-state index is 5.31.